The van der Waals surface area contributed by atoms with E-state index in [-0.39, 0.29) is 0 Å². The maximum atomic E-state index is 5.30. The molecule has 0 aromatic carbocycles. The topological polar surface area (TPSA) is 48.9 Å². The molecule has 2 N–H and O–H groups in total. The Hall–Kier alpha value is -1.11. The Kier molecular flexibility index (Phi) is 8.25. The van der Waals surface area contributed by atoms with Gasteiger partial charge in [0.25, 0.3) is 0 Å². The van der Waals surface area contributed by atoms with Gasteiger partial charge in [-0.25, -0.2) is 0 Å². The van der Waals surface area contributed by atoms with E-state index in [1.165, 1.54) is 4.88 Å². The highest BCUT2D eigenvalue weighted by Crippen LogP contribution is 2.22. The lowest BCUT2D eigenvalue weighted by Crippen LogP contribution is -2.42. The second-order valence-electron chi connectivity index (χ2n) is 4.57. The molecule has 6 heteroatoms. The lowest BCUT2D eigenvalue weighted by atomic mass is 10.2. The standard InChI is InChI=1S/C14H26N4OS/c1-5-19-9-8-16-14(15-2)17-11-12(18(3)4)13-7-6-10-20-13/h6-7,10,12H,5,8-9,11H2,1-4H3,(H2,15,16,17). The third-order valence-electron chi connectivity index (χ3n) is 2.92. The van der Waals surface area contributed by atoms with Crippen LogP contribution >= 0.6 is 11.3 Å². The second kappa shape index (κ2) is 9.74. The van der Waals surface area contributed by atoms with Gasteiger partial charge in [0.15, 0.2) is 5.96 Å². The molecule has 0 saturated carbocycles. The number of likely N-dealkylation sites (N-methyl/N-ethyl adjacent to an activating group) is 1. The summed E-state index contributed by atoms with van der Waals surface area (Å²) >= 11 is 1.78. The van der Waals surface area contributed by atoms with Crippen molar-refractivity contribution in [3.05, 3.63) is 22.4 Å². The molecule has 0 amide bonds. The summed E-state index contributed by atoms with van der Waals surface area (Å²) in [6.45, 7) is 5.02. The first-order valence-electron chi connectivity index (χ1n) is 6.91. The van der Waals surface area contributed by atoms with Gasteiger partial charge in [-0.3, -0.25) is 4.99 Å². The van der Waals surface area contributed by atoms with Crippen molar-refractivity contribution in [1.82, 2.24) is 15.5 Å². The van der Waals surface area contributed by atoms with Gasteiger partial charge in [0.05, 0.1) is 12.6 Å². The molecule has 1 atom stereocenters. The highest BCUT2D eigenvalue weighted by Gasteiger charge is 2.15. The summed E-state index contributed by atoms with van der Waals surface area (Å²) in [6.07, 6.45) is 0. The fourth-order valence-corrected chi connectivity index (χ4v) is 2.74. The first-order chi connectivity index (χ1) is 9.69. The number of hydrogen-bond acceptors (Lipinski definition) is 4. The van der Waals surface area contributed by atoms with Crippen LogP contribution in [0.4, 0.5) is 0 Å². The van der Waals surface area contributed by atoms with E-state index in [2.05, 4.69) is 52.1 Å². The number of thiophene rings is 1. The van der Waals surface area contributed by atoms with Crippen molar-refractivity contribution in [3.8, 4) is 0 Å². The summed E-state index contributed by atoms with van der Waals surface area (Å²) in [5, 5.41) is 8.72. The second-order valence-corrected chi connectivity index (χ2v) is 5.55. The van der Waals surface area contributed by atoms with E-state index in [0.717, 1.165) is 25.7 Å². The third kappa shape index (κ3) is 5.90. The van der Waals surface area contributed by atoms with Crippen LogP contribution in [0.3, 0.4) is 0 Å². The predicted molar refractivity (Wildman–Crippen MR) is 86.6 cm³/mol. The van der Waals surface area contributed by atoms with Gasteiger partial charge in [-0.05, 0) is 32.5 Å². The van der Waals surface area contributed by atoms with E-state index < -0.39 is 0 Å². The molecule has 0 fully saturated rings. The van der Waals surface area contributed by atoms with Crippen molar-refractivity contribution in [1.29, 1.82) is 0 Å². The number of rotatable bonds is 8. The van der Waals surface area contributed by atoms with Crippen LogP contribution in [0.2, 0.25) is 0 Å². The van der Waals surface area contributed by atoms with Crippen LogP contribution in [0, 0.1) is 0 Å². The van der Waals surface area contributed by atoms with Gasteiger partial charge >= 0.3 is 0 Å². The van der Waals surface area contributed by atoms with Gasteiger partial charge in [-0.15, -0.1) is 11.3 Å². The first kappa shape index (κ1) is 16.9. The van der Waals surface area contributed by atoms with Crippen LogP contribution in [-0.2, 0) is 4.74 Å². The number of hydrogen-bond donors (Lipinski definition) is 2. The zero-order valence-electron chi connectivity index (χ0n) is 12.8. The SMILES string of the molecule is CCOCCNC(=NC)NCC(c1cccs1)N(C)C. The summed E-state index contributed by atoms with van der Waals surface area (Å²) in [6, 6.07) is 4.61. The Morgan fingerprint density at radius 1 is 1.45 bits per heavy atom. The van der Waals surface area contributed by atoms with Gasteiger partial charge in [-0.1, -0.05) is 6.07 Å². The number of aliphatic imine (C=N–C) groups is 1. The highest BCUT2D eigenvalue weighted by molar-refractivity contribution is 7.10. The molecule has 1 heterocycles. The normalized spacial score (nSPS) is 13.6. The van der Waals surface area contributed by atoms with E-state index >= 15 is 0 Å². The molecule has 0 aliphatic heterocycles. The van der Waals surface area contributed by atoms with Gasteiger partial charge in [0.1, 0.15) is 0 Å². The molecule has 1 rings (SSSR count). The largest absolute Gasteiger partial charge is 0.380 e. The molecule has 1 aromatic heterocycles. The van der Waals surface area contributed by atoms with Gasteiger partial charge in [0.2, 0.25) is 0 Å². The van der Waals surface area contributed by atoms with E-state index in [0.29, 0.717) is 12.6 Å². The van der Waals surface area contributed by atoms with Crippen LogP contribution in [0.15, 0.2) is 22.5 Å². The maximum absolute atomic E-state index is 5.30. The molecule has 0 saturated heterocycles. The Morgan fingerprint density at radius 3 is 2.80 bits per heavy atom. The Bertz CT molecular complexity index is 379. The Balaban J connectivity index is 2.41. The summed E-state index contributed by atoms with van der Waals surface area (Å²) in [7, 11) is 5.97. The fraction of sp³-hybridized carbons (Fsp3) is 0.643. The molecule has 0 aliphatic carbocycles. The van der Waals surface area contributed by atoms with Crippen molar-refractivity contribution in [2.45, 2.75) is 13.0 Å². The fourth-order valence-electron chi connectivity index (χ4n) is 1.82. The number of nitrogens with zero attached hydrogens (tertiary/aromatic N) is 2. The molecule has 5 nitrogen and oxygen atoms in total. The molecule has 0 radical (unpaired) electrons. The van der Waals surface area contributed by atoms with Crippen LogP contribution in [0.5, 0.6) is 0 Å². The van der Waals surface area contributed by atoms with Crippen molar-refractivity contribution in [2.24, 2.45) is 4.99 Å². The first-order valence-corrected chi connectivity index (χ1v) is 7.79. The summed E-state index contributed by atoms with van der Waals surface area (Å²) in [5.41, 5.74) is 0. The molecule has 0 spiro atoms. The van der Waals surface area contributed by atoms with Gasteiger partial charge in [0, 0.05) is 31.6 Å². The van der Waals surface area contributed by atoms with E-state index in [1.807, 2.05) is 6.92 Å². The minimum Gasteiger partial charge on any atom is -0.380 e. The monoisotopic (exact) mass is 298 g/mol. The number of ether oxygens (including phenoxy) is 1. The predicted octanol–water partition coefficient (Wildman–Crippen LogP) is 1.55. The molecule has 114 valence electrons. The average Bonchev–Trinajstić information content (AvgIpc) is 2.95. The minimum absolute atomic E-state index is 0.348. The quantitative estimate of drug-likeness (QED) is 0.434. The lowest BCUT2D eigenvalue weighted by molar-refractivity contribution is 0.152. The summed E-state index contributed by atoms with van der Waals surface area (Å²) in [4.78, 5) is 7.79. The smallest absolute Gasteiger partial charge is 0.191 e. The average molecular weight is 298 g/mol. The molecular weight excluding hydrogens is 272 g/mol. The van der Waals surface area contributed by atoms with E-state index in [1.54, 1.807) is 18.4 Å². The molecule has 1 unspecified atom stereocenters. The van der Waals surface area contributed by atoms with Crippen LogP contribution < -0.4 is 10.6 Å². The molecule has 0 bridgehead atoms. The Morgan fingerprint density at radius 2 is 2.25 bits per heavy atom. The van der Waals surface area contributed by atoms with Crippen LogP contribution in [0.25, 0.3) is 0 Å². The van der Waals surface area contributed by atoms with Crippen molar-refractivity contribution < 1.29 is 4.74 Å². The van der Waals surface area contributed by atoms with Crippen molar-refractivity contribution >= 4 is 17.3 Å². The highest BCUT2D eigenvalue weighted by atomic mass is 32.1. The maximum Gasteiger partial charge on any atom is 0.191 e. The van der Waals surface area contributed by atoms with Crippen LogP contribution in [0.1, 0.15) is 17.8 Å². The van der Waals surface area contributed by atoms with E-state index in [4.69, 9.17) is 4.74 Å². The zero-order valence-corrected chi connectivity index (χ0v) is 13.7. The third-order valence-corrected chi connectivity index (χ3v) is 3.90. The van der Waals surface area contributed by atoms with Gasteiger partial charge in [-0.2, -0.15) is 0 Å². The van der Waals surface area contributed by atoms with E-state index in [9.17, 15) is 0 Å². The minimum atomic E-state index is 0.348. The van der Waals surface area contributed by atoms with Gasteiger partial charge < -0.3 is 20.3 Å². The number of nitrogens with one attached hydrogen (secondary N) is 2. The Labute approximate surface area is 126 Å². The van der Waals surface area contributed by atoms with Crippen molar-refractivity contribution in [3.63, 3.8) is 0 Å². The number of guanidine groups is 1. The molecular formula is C14H26N4OS. The van der Waals surface area contributed by atoms with Crippen LogP contribution in [-0.4, -0.2) is 58.3 Å². The molecule has 0 aliphatic rings. The summed E-state index contributed by atoms with van der Waals surface area (Å²) in [5.74, 6) is 0.813. The van der Waals surface area contributed by atoms with Crippen molar-refractivity contribution in [2.75, 3.05) is 47.4 Å². The zero-order chi connectivity index (χ0) is 14.8. The molecule has 1 aromatic rings. The lowest BCUT2D eigenvalue weighted by Gasteiger charge is -2.24. The summed E-state index contributed by atoms with van der Waals surface area (Å²) < 4.78 is 5.30. The molecule has 20 heavy (non-hydrogen) atoms.